The van der Waals surface area contributed by atoms with Crippen molar-refractivity contribution in [3.63, 3.8) is 0 Å². The van der Waals surface area contributed by atoms with Crippen LogP contribution in [-0.4, -0.2) is 38.5 Å². The van der Waals surface area contributed by atoms with Gasteiger partial charge in [0.1, 0.15) is 18.1 Å². The first-order chi connectivity index (χ1) is 19.3. The Balaban J connectivity index is 1.34. The van der Waals surface area contributed by atoms with Crippen LogP contribution in [0.5, 0.6) is 0 Å². The van der Waals surface area contributed by atoms with Gasteiger partial charge in [0.2, 0.25) is 5.91 Å². The van der Waals surface area contributed by atoms with Crippen molar-refractivity contribution in [2.24, 2.45) is 0 Å². The van der Waals surface area contributed by atoms with E-state index in [1.807, 2.05) is 19.1 Å². The molecule has 9 nitrogen and oxygen atoms in total. The zero-order chi connectivity index (χ0) is 28.2. The second-order valence-electron chi connectivity index (χ2n) is 10.2. The van der Waals surface area contributed by atoms with Crippen molar-refractivity contribution in [1.29, 1.82) is 0 Å². The number of amides is 2. The zero-order valence-electron chi connectivity index (χ0n) is 22.5. The third kappa shape index (κ3) is 5.83. The number of nitrogens with zero attached hydrogens (tertiary/aromatic N) is 2. The van der Waals surface area contributed by atoms with Crippen molar-refractivity contribution in [2.75, 3.05) is 5.32 Å². The van der Waals surface area contributed by atoms with Crippen LogP contribution >= 0.6 is 0 Å². The summed E-state index contributed by atoms with van der Waals surface area (Å²) in [6.45, 7) is 3.52. The number of carbonyl (C=O) groups is 3. The molecule has 0 unspecified atom stereocenters. The van der Waals surface area contributed by atoms with Crippen molar-refractivity contribution >= 4 is 40.6 Å². The van der Waals surface area contributed by atoms with Gasteiger partial charge < -0.3 is 24.7 Å². The van der Waals surface area contributed by atoms with E-state index in [2.05, 4.69) is 15.2 Å². The molecular weight excluding hydrogens is 508 g/mol. The number of hydrogen-bond acceptors (Lipinski definition) is 5. The number of fused-ring (bicyclic) bond motifs is 1. The highest BCUT2D eigenvalue weighted by Crippen LogP contribution is 2.36. The monoisotopic (exact) mass is 540 g/mol. The number of carboxylic acid groups (broad SMARTS) is 1. The summed E-state index contributed by atoms with van der Waals surface area (Å²) in [5.74, 6) is -0.921. The van der Waals surface area contributed by atoms with Crippen LogP contribution < -0.4 is 10.6 Å². The van der Waals surface area contributed by atoms with E-state index in [1.165, 1.54) is 25.3 Å². The van der Waals surface area contributed by atoms with Crippen molar-refractivity contribution in [3.8, 4) is 11.4 Å². The Labute approximate surface area is 231 Å². The van der Waals surface area contributed by atoms with Crippen LogP contribution in [-0.2, 0) is 9.59 Å². The average Bonchev–Trinajstić information content (AvgIpc) is 3.60. The van der Waals surface area contributed by atoms with Crippen molar-refractivity contribution < 1.29 is 23.9 Å². The van der Waals surface area contributed by atoms with Crippen LogP contribution in [0.2, 0.25) is 0 Å². The van der Waals surface area contributed by atoms with E-state index >= 15 is 0 Å². The van der Waals surface area contributed by atoms with Crippen molar-refractivity contribution in [1.82, 2.24) is 14.9 Å². The summed E-state index contributed by atoms with van der Waals surface area (Å²) < 4.78 is 7.65. The van der Waals surface area contributed by atoms with Gasteiger partial charge in [-0.25, -0.2) is 9.78 Å². The molecule has 9 heteroatoms. The Hall–Kier alpha value is -4.66. The average molecular weight is 541 g/mol. The molecule has 2 aromatic heterocycles. The summed E-state index contributed by atoms with van der Waals surface area (Å²) in [5.41, 5.74) is 5.12. The van der Waals surface area contributed by atoms with Crippen LogP contribution in [0.4, 0.5) is 5.69 Å². The number of hydrogen-bond donors (Lipinski definition) is 3. The molecule has 0 saturated heterocycles. The maximum absolute atomic E-state index is 13.3. The molecule has 0 aliphatic heterocycles. The van der Waals surface area contributed by atoms with E-state index in [0.717, 1.165) is 46.9 Å². The molecule has 40 heavy (non-hydrogen) atoms. The smallest absolute Gasteiger partial charge is 0.328 e. The Morgan fingerprint density at radius 3 is 2.52 bits per heavy atom. The number of aliphatic carboxylic acids is 1. The second kappa shape index (κ2) is 11.6. The van der Waals surface area contributed by atoms with Gasteiger partial charge in [0.15, 0.2) is 0 Å². The molecule has 1 fully saturated rings. The van der Waals surface area contributed by atoms with Crippen LogP contribution in [0.15, 0.2) is 65.5 Å². The number of aromatic nitrogens is 2. The zero-order valence-corrected chi connectivity index (χ0v) is 22.5. The topological polar surface area (TPSA) is 126 Å². The molecule has 2 amide bonds. The summed E-state index contributed by atoms with van der Waals surface area (Å²) >= 11 is 0. The maximum Gasteiger partial charge on any atom is 0.328 e. The van der Waals surface area contributed by atoms with Crippen LogP contribution in [0.1, 0.15) is 66.6 Å². The number of carboxylic acids is 1. The standard InChI is InChI=1S/C31H32N4O5/c1-19-16-27-26(34-29(22-14-15-40-18-22)35(27)24-6-4-3-5-7-24)17-25(19)31(39)32-20(2)30(38)33-23-11-8-21(9-12-23)10-13-28(36)37/h8-18,20,24H,3-7H2,1-2H3,(H,32,39)(H,33,38)(H,36,37)/b13-10+/t20-/m1/s1. The van der Waals surface area contributed by atoms with E-state index in [0.29, 0.717) is 22.9 Å². The molecule has 5 rings (SSSR count). The Bertz CT molecular complexity index is 1560. The molecule has 1 aliphatic rings. The predicted octanol–water partition coefficient (Wildman–Crippen LogP) is 5.96. The number of benzene rings is 2. The third-order valence-electron chi connectivity index (χ3n) is 7.34. The predicted molar refractivity (Wildman–Crippen MR) is 153 cm³/mol. The summed E-state index contributed by atoms with van der Waals surface area (Å²) in [5, 5.41) is 14.3. The lowest BCUT2D eigenvalue weighted by atomic mass is 9.94. The SMILES string of the molecule is Cc1cc2c(cc1C(=O)N[C@H](C)C(=O)Nc1ccc(/C=C/C(=O)O)cc1)nc(-c1ccoc1)n2C1CCCCC1. The van der Waals surface area contributed by atoms with Gasteiger partial charge in [-0.2, -0.15) is 0 Å². The number of furan rings is 1. The molecule has 1 atom stereocenters. The molecule has 0 bridgehead atoms. The van der Waals surface area contributed by atoms with Gasteiger partial charge in [-0.3, -0.25) is 9.59 Å². The number of imidazole rings is 1. The van der Waals surface area contributed by atoms with Gasteiger partial charge in [0.05, 0.1) is 22.9 Å². The van der Waals surface area contributed by atoms with E-state index in [-0.39, 0.29) is 11.8 Å². The molecule has 0 spiro atoms. The molecule has 2 aromatic carbocycles. The van der Waals surface area contributed by atoms with Crippen molar-refractivity contribution in [2.45, 2.75) is 58.0 Å². The van der Waals surface area contributed by atoms with Crippen LogP contribution in [0.3, 0.4) is 0 Å². The molecule has 0 radical (unpaired) electrons. The highest BCUT2D eigenvalue weighted by atomic mass is 16.4. The van der Waals surface area contributed by atoms with Gasteiger partial charge in [-0.1, -0.05) is 31.4 Å². The minimum absolute atomic E-state index is 0.341. The Morgan fingerprint density at radius 1 is 1.10 bits per heavy atom. The molecule has 4 aromatic rings. The molecule has 1 aliphatic carbocycles. The van der Waals surface area contributed by atoms with E-state index < -0.39 is 12.0 Å². The van der Waals surface area contributed by atoms with Crippen LogP contribution in [0, 0.1) is 6.92 Å². The lowest BCUT2D eigenvalue weighted by Gasteiger charge is -2.25. The number of rotatable bonds is 8. The van der Waals surface area contributed by atoms with Gasteiger partial charge in [-0.05, 0) is 74.2 Å². The summed E-state index contributed by atoms with van der Waals surface area (Å²) in [4.78, 5) is 41.7. The molecular formula is C31H32N4O5. The number of aryl methyl sites for hydroxylation is 1. The lowest BCUT2D eigenvalue weighted by Crippen LogP contribution is -2.41. The van der Waals surface area contributed by atoms with Gasteiger partial charge in [-0.15, -0.1) is 0 Å². The number of nitrogens with one attached hydrogen (secondary N) is 2. The highest BCUT2D eigenvalue weighted by molar-refractivity contribution is 6.03. The van der Waals surface area contributed by atoms with E-state index in [4.69, 9.17) is 14.5 Å². The van der Waals surface area contributed by atoms with Gasteiger partial charge in [0.25, 0.3) is 5.91 Å². The maximum atomic E-state index is 13.3. The first-order valence-electron chi connectivity index (χ1n) is 13.5. The van der Waals surface area contributed by atoms with E-state index in [1.54, 1.807) is 49.8 Å². The number of carbonyl (C=O) groups excluding carboxylic acids is 2. The summed E-state index contributed by atoms with van der Waals surface area (Å²) in [7, 11) is 0. The lowest BCUT2D eigenvalue weighted by molar-refractivity contribution is -0.131. The largest absolute Gasteiger partial charge is 0.478 e. The van der Waals surface area contributed by atoms with E-state index in [9.17, 15) is 14.4 Å². The number of anilines is 1. The van der Waals surface area contributed by atoms with Crippen molar-refractivity contribution in [3.05, 3.63) is 77.8 Å². The van der Waals surface area contributed by atoms with Gasteiger partial charge >= 0.3 is 5.97 Å². The Kier molecular flexibility index (Phi) is 7.82. The third-order valence-corrected chi connectivity index (χ3v) is 7.34. The fourth-order valence-electron chi connectivity index (χ4n) is 5.23. The molecule has 3 N–H and O–H groups in total. The van der Waals surface area contributed by atoms with Gasteiger partial charge in [0, 0.05) is 23.4 Å². The first kappa shape index (κ1) is 26.9. The molecule has 2 heterocycles. The quantitative estimate of drug-likeness (QED) is 0.237. The van der Waals surface area contributed by atoms with Crippen LogP contribution in [0.25, 0.3) is 28.5 Å². The highest BCUT2D eigenvalue weighted by Gasteiger charge is 2.25. The fourth-order valence-corrected chi connectivity index (χ4v) is 5.23. The minimum atomic E-state index is -1.03. The second-order valence-corrected chi connectivity index (χ2v) is 10.2. The molecule has 206 valence electrons. The Morgan fingerprint density at radius 2 is 1.85 bits per heavy atom. The normalized spacial score (nSPS) is 14.8. The fraction of sp³-hybridized carbons (Fsp3) is 0.290. The minimum Gasteiger partial charge on any atom is -0.478 e. The first-order valence-corrected chi connectivity index (χ1v) is 13.5. The molecule has 1 saturated carbocycles. The summed E-state index contributed by atoms with van der Waals surface area (Å²) in [6.07, 6.45) is 11.6. The summed E-state index contributed by atoms with van der Waals surface area (Å²) in [6, 6.07) is 12.0.